The van der Waals surface area contributed by atoms with Gasteiger partial charge in [-0.25, -0.2) is 0 Å². The van der Waals surface area contributed by atoms with Gasteiger partial charge in [0.15, 0.2) is 0 Å². The van der Waals surface area contributed by atoms with E-state index in [4.69, 9.17) is 4.42 Å². The van der Waals surface area contributed by atoms with Gasteiger partial charge in [-0.05, 0) is 95.7 Å². The molecule has 60 heavy (non-hydrogen) atoms. The van der Waals surface area contributed by atoms with Crippen molar-refractivity contribution in [2.75, 3.05) is 9.80 Å². The fraction of sp³-hybridized carbons (Fsp3) is 0. The third kappa shape index (κ3) is 5.32. The van der Waals surface area contributed by atoms with Crippen molar-refractivity contribution in [3.8, 4) is 5.69 Å². The molecule has 0 unspecified atom stereocenters. The monoisotopic (exact) mass is 767 g/mol. The second kappa shape index (κ2) is 13.8. The molecular formula is C56H37N3O. The van der Waals surface area contributed by atoms with Crippen LogP contribution in [0.1, 0.15) is 0 Å². The van der Waals surface area contributed by atoms with Crippen molar-refractivity contribution in [2.24, 2.45) is 0 Å². The summed E-state index contributed by atoms with van der Waals surface area (Å²) in [7, 11) is 0. The van der Waals surface area contributed by atoms with Crippen LogP contribution in [0.5, 0.6) is 0 Å². The van der Waals surface area contributed by atoms with E-state index in [-0.39, 0.29) is 0 Å². The van der Waals surface area contributed by atoms with E-state index >= 15 is 0 Å². The van der Waals surface area contributed by atoms with Crippen molar-refractivity contribution < 1.29 is 4.42 Å². The first-order chi connectivity index (χ1) is 29.8. The van der Waals surface area contributed by atoms with Crippen LogP contribution in [0.2, 0.25) is 0 Å². The minimum atomic E-state index is 0.872. The van der Waals surface area contributed by atoms with Gasteiger partial charge >= 0.3 is 0 Å². The Hall–Kier alpha value is -8.08. The summed E-state index contributed by atoms with van der Waals surface area (Å²) in [6, 6.07) is 80.5. The number of hydrogen-bond donors (Lipinski definition) is 0. The molecule has 0 aliphatic heterocycles. The smallest absolute Gasteiger partial charge is 0.135 e. The fourth-order valence-corrected chi connectivity index (χ4v) is 9.36. The van der Waals surface area contributed by atoms with Gasteiger partial charge in [0.1, 0.15) is 11.2 Å². The van der Waals surface area contributed by atoms with E-state index in [1.807, 2.05) is 6.07 Å². The van der Waals surface area contributed by atoms with Crippen LogP contribution in [-0.4, -0.2) is 4.57 Å². The molecule has 0 spiro atoms. The average Bonchev–Trinajstić information content (AvgIpc) is 3.86. The van der Waals surface area contributed by atoms with Crippen LogP contribution in [-0.2, 0) is 0 Å². The molecule has 0 fully saturated rings. The molecule has 12 aromatic rings. The van der Waals surface area contributed by atoms with Gasteiger partial charge in [-0.1, -0.05) is 140 Å². The Morgan fingerprint density at radius 3 is 1.12 bits per heavy atom. The molecule has 0 amide bonds. The highest BCUT2D eigenvalue weighted by atomic mass is 16.3. The lowest BCUT2D eigenvalue weighted by Gasteiger charge is -2.27. The summed E-state index contributed by atoms with van der Waals surface area (Å²) in [5.41, 5.74) is 11.6. The van der Waals surface area contributed by atoms with E-state index in [2.05, 4.69) is 233 Å². The lowest BCUT2D eigenvalue weighted by atomic mass is 9.96. The second-order valence-electron chi connectivity index (χ2n) is 15.3. The van der Waals surface area contributed by atoms with Crippen molar-refractivity contribution in [1.82, 2.24) is 4.57 Å². The fourth-order valence-electron chi connectivity index (χ4n) is 9.36. The first-order valence-electron chi connectivity index (χ1n) is 20.4. The molecule has 2 heterocycles. The van der Waals surface area contributed by atoms with Crippen LogP contribution >= 0.6 is 0 Å². The molecule has 0 saturated carbocycles. The van der Waals surface area contributed by atoms with Gasteiger partial charge in [0.25, 0.3) is 0 Å². The molecule has 282 valence electrons. The number of aromatic nitrogens is 1. The van der Waals surface area contributed by atoms with Crippen molar-refractivity contribution in [3.05, 3.63) is 224 Å². The van der Waals surface area contributed by atoms with Crippen LogP contribution in [0.4, 0.5) is 34.1 Å². The highest BCUT2D eigenvalue weighted by Crippen LogP contribution is 2.50. The van der Waals surface area contributed by atoms with Crippen LogP contribution < -0.4 is 9.80 Å². The van der Waals surface area contributed by atoms with E-state index in [1.165, 1.54) is 32.3 Å². The summed E-state index contributed by atoms with van der Waals surface area (Å²) in [5.74, 6) is 0. The summed E-state index contributed by atoms with van der Waals surface area (Å²) in [4.78, 5) is 4.79. The third-order valence-corrected chi connectivity index (χ3v) is 11.9. The molecule has 2 aromatic heterocycles. The normalized spacial score (nSPS) is 11.7. The lowest BCUT2D eigenvalue weighted by molar-refractivity contribution is 0.669. The summed E-state index contributed by atoms with van der Waals surface area (Å²) in [6.45, 7) is 0. The Morgan fingerprint density at radius 1 is 0.300 bits per heavy atom. The van der Waals surface area contributed by atoms with Gasteiger partial charge in [0, 0.05) is 60.8 Å². The summed E-state index contributed by atoms with van der Waals surface area (Å²) in [5, 5.41) is 9.37. The number of hydrogen-bond acceptors (Lipinski definition) is 3. The number of nitrogens with zero attached hydrogens (tertiary/aromatic N) is 3. The van der Waals surface area contributed by atoms with E-state index in [1.54, 1.807) is 0 Å². The molecule has 4 nitrogen and oxygen atoms in total. The van der Waals surface area contributed by atoms with Crippen LogP contribution in [0.3, 0.4) is 0 Å². The van der Waals surface area contributed by atoms with Gasteiger partial charge in [-0.15, -0.1) is 0 Å². The first-order valence-corrected chi connectivity index (χ1v) is 20.4. The topological polar surface area (TPSA) is 24.6 Å². The quantitative estimate of drug-likeness (QED) is 0.161. The van der Waals surface area contributed by atoms with E-state index in [0.717, 1.165) is 72.8 Å². The molecule has 0 radical (unpaired) electrons. The summed E-state index contributed by atoms with van der Waals surface area (Å²) < 4.78 is 8.88. The molecule has 12 rings (SSSR count). The Balaban J connectivity index is 1.27. The minimum Gasteiger partial charge on any atom is -0.456 e. The van der Waals surface area contributed by atoms with Crippen molar-refractivity contribution in [2.45, 2.75) is 0 Å². The van der Waals surface area contributed by atoms with Crippen molar-refractivity contribution >= 4 is 99.4 Å². The number of para-hydroxylation sites is 5. The van der Waals surface area contributed by atoms with E-state index in [9.17, 15) is 0 Å². The Kier molecular flexibility index (Phi) is 7.82. The molecule has 10 aromatic carbocycles. The van der Waals surface area contributed by atoms with Crippen LogP contribution in [0, 0.1) is 0 Å². The van der Waals surface area contributed by atoms with Gasteiger partial charge in [0.2, 0.25) is 0 Å². The van der Waals surface area contributed by atoms with Gasteiger partial charge < -0.3 is 18.8 Å². The molecule has 0 aliphatic rings. The molecule has 4 heteroatoms. The maximum Gasteiger partial charge on any atom is 0.135 e. The zero-order valence-corrected chi connectivity index (χ0v) is 32.6. The van der Waals surface area contributed by atoms with Gasteiger partial charge in [0.05, 0.1) is 22.4 Å². The highest BCUT2D eigenvalue weighted by molar-refractivity contribution is 6.32. The SMILES string of the molecule is c1ccc(N(c2ccccc2)c2cc3c(c4ccccc24)c2c4ccccc4c(N(c4ccccc4)c4ccccc4)cc2n3-c2ccc3oc4ccccc4c3c2)cc1. The van der Waals surface area contributed by atoms with E-state index < -0.39 is 0 Å². The predicted octanol–water partition coefficient (Wildman–Crippen LogP) is 15.9. The summed E-state index contributed by atoms with van der Waals surface area (Å²) in [6.07, 6.45) is 0. The number of benzene rings is 10. The molecule has 0 saturated heterocycles. The number of fused-ring (bicyclic) bond motifs is 10. The second-order valence-corrected chi connectivity index (χ2v) is 15.3. The van der Waals surface area contributed by atoms with Crippen LogP contribution in [0.25, 0.3) is 71.0 Å². The number of furan rings is 1. The standard InChI is InChI=1S/C56H37N3O/c1-5-19-38(20-6-1)57(39-21-7-2-8-22-39)49-36-51-55(46-30-15-13-27-43(46)49)56-47-31-16-14-28-44(47)50(58(40-23-9-3-10-24-40)41-25-11-4-12-26-41)37-52(56)59(51)42-33-34-54-48(35-42)45-29-17-18-32-53(45)60-54/h1-37H. The average molecular weight is 768 g/mol. The lowest BCUT2D eigenvalue weighted by Crippen LogP contribution is -2.10. The number of rotatable bonds is 7. The van der Waals surface area contributed by atoms with E-state index in [0.29, 0.717) is 0 Å². The van der Waals surface area contributed by atoms with Crippen molar-refractivity contribution in [1.29, 1.82) is 0 Å². The predicted molar refractivity (Wildman–Crippen MR) is 252 cm³/mol. The van der Waals surface area contributed by atoms with Gasteiger partial charge in [-0.3, -0.25) is 0 Å². The first kappa shape index (κ1) is 34.0. The molecule has 0 bridgehead atoms. The van der Waals surface area contributed by atoms with Crippen molar-refractivity contribution in [3.63, 3.8) is 0 Å². The number of anilines is 6. The van der Waals surface area contributed by atoms with Crippen LogP contribution in [0.15, 0.2) is 229 Å². The zero-order chi connectivity index (χ0) is 39.6. The molecule has 0 atom stereocenters. The maximum absolute atomic E-state index is 6.39. The summed E-state index contributed by atoms with van der Waals surface area (Å²) >= 11 is 0. The molecule has 0 aliphatic carbocycles. The minimum absolute atomic E-state index is 0.872. The maximum atomic E-state index is 6.39. The Labute approximate surface area is 347 Å². The Morgan fingerprint density at radius 2 is 0.667 bits per heavy atom. The third-order valence-electron chi connectivity index (χ3n) is 11.9. The zero-order valence-electron chi connectivity index (χ0n) is 32.6. The van der Waals surface area contributed by atoms with Gasteiger partial charge in [-0.2, -0.15) is 0 Å². The molecule has 0 N–H and O–H groups in total. The Bertz CT molecular complexity index is 3280. The largest absolute Gasteiger partial charge is 0.456 e. The molecular weight excluding hydrogens is 731 g/mol. The highest BCUT2D eigenvalue weighted by Gasteiger charge is 2.26.